The molecule has 0 aliphatic carbocycles. The van der Waals surface area contributed by atoms with Gasteiger partial charge < -0.3 is 19.1 Å². The smallest absolute Gasteiger partial charge is 0.254 e. The first-order chi connectivity index (χ1) is 17.2. The molecule has 1 aliphatic rings. The highest BCUT2D eigenvalue weighted by molar-refractivity contribution is 7.90. The number of para-hydroxylation sites is 1. The van der Waals surface area contributed by atoms with Crippen LogP contribution in [0.5, 0.6) is 11.5 Å². The fourth-order valence-corrected chi connectivity index (χ4v) is 5.96. The third kappa shape index (κ3) is 5.55. The lowest BCUT2D eigenvalue weighted by molar-refractivity contribution is 0.0339. The van der Waals surface area contributed by atoms with E-state index in [0.717, 1.165) is 11.1 Å². The molecule has 2 atom stereocenters. The quantitative estimate of drug-likeness (QED) is 0.453. The van der Waals surface area contributed by atoms with E-state index in [1.165, 1.54) is 13.2 Å². The molecule has 3 aromatic carbocycles. The maximum atomic E-state index is 13.2. The molecular weight excluding hydrogens is 478 g/mol. The van der Waals surface area contributed by atoms with Gasteiger partial charge in [-0.25, -0.2) is 8.42 Å². The Hall–Kier alpha value is -3.36. The molecule has 1 fully saturated rings. The number of sulfone groups is 1. The van der Waals surface area contributed by atoms with Crippen LogP contribution in [0, 0.1) is 13.8 Å². The van der Waals surface area contributed by atoms with E-state index in [1.807, 2.05) is 32.0 Å². The van der Waals surface area contributed by atoms with Crippen molar-refractivity contribution in [3.8, 4) is 11.5 Å². The number of aryl methyl sites for hydroxylation is 2. The number of methoxy groups -OCH3 is 2. The molecule has 0 N–H and O–H groups in total. The zero-order valence-electron chi connectivity index (χ0n) is 20.9. The Morgan fingerprint density at radius 2 is 1.69 bits per heavy atom. The third-order valence-corrected chi connectivity index (χ3v) is 8.10. The second kappa shape index (κ2) is 10.7. The predicted octanol–water partition coefficient (Wildman–Crippen LogP) is 4.20. The van der Waals surface area contributed by atoms with E-state index in [0.29, 0.717) is 35.7 Å². The van der Waals surface area contributed by atoms with Crippen LogP contribution in [-0.4, -0.2) is 58.7 Å². The lowest BCUT2D eigenvalue weighted by Crippen LogP contribution is -2.32. The number of benzene rings is 3. The summed E-state index contributed by atoms with van der Waals surface area (Å²) >= 11 is 0. The van der Waals surface area contributed by atoms with Crippen molar-refractivity contribution in [3.05, 3.63) is 89.0 Å². The van der Waals surface area contributed by atoms with Crippen molar-refractivity contribution in [1.82, 2.24) is 4.90 Å². The van der Waals surface area contributed by atoms with E-state index < -0.39 is 9.84 Å². The minimum atomic E-state index is -3.63. The Labute approximate surface area is 212 Å². The molecule has 4 rings (SSSR count). The fraction of sp³-hybridized carbons (Fsp3) is 0.321. The van der Waals surface area contributed by atoms with Gasteiger partial charge in [0, 0.05) is 12.7 Å². The molecular formula is C28H31NO6S. The molecule has 1 heterocycles. The Kier molecular flexibility index (Phi) is 7.66. The Morgan fingerprint density at radius 3 is 2.44 bits per heavy atom. The van der Waals surface area contributed by atoms with Crippen LogP contribution in [0.3, 0.4) is 0 Å². The van der Waals surface area contributed by atoms with Crippen molar-refractivity contribution in [1.29, 1.82) is 0 Å². The van der Waals surface area contributed by atoms with Crippen molar-refractivity contribution in [2.24, 2.45) is 0 Å². The van der Waals surface area contributed by atoms with Crippen LogP contribution in [0.1, 0.15) is 27.0 Å². The molecule has 0 bridgehead atoms. The topological polar surface area (TPSA) is 82.1 Å². The maximum absolute atomic E-state index is 13.2. The van der Waals surface area contributed by atoms with Gasteiger partial charge in [0.05, 0.1) is 26.0 Å². The lowest BCUT2D eigenvalue weighted by atomic mass is 10.0. The summed E-state index contributed by atoms with van der Waals surface area (Å²) in [6.45, 7) is 4.67. The van der Waals surface area contributed by atoms with Gasteiger partial charge in [-0.3, -0.25) is 4.79 Å². The number of rotatable bonds is 8. The minimum absolute atomic E-state index is 0.0546. The van der Waals surface area contributed by atoms with Gasteiger partial charge in [-0.1, -0.05) is 42.0 Å². The zero-order chi connectivity index (χ0) is 25.9. The summed E-state index contributed by atoms with van der Waals surface area (Å²) in [5, 5.41) is 0. The zero-order valence-corrected chi connectivity index (χ0v) is 21.7. The van der Waals surface area contributed by atoms with Gasteiger partial charge in [0.1, 0.15) is 28.6 Å². The number of hydrogen-bond donors (Lipinski definition) is 0. The highest BCUT2D eigenvalue weighted by Gasteiger charge is 2.37. The standard InChI is InChI=1S/C28H31NO6S/c1-19-12-13-20(2)23(14-19)28(30)29-16-25(34-4)26(17-29)35-22-9-7-8-21(15-22)18-36(31,32)27-11-6-5-10-24(27)33-3/h5-15,25-26H,16-18H2,1-4H3. The molecule has 0 radical (unpaired) electrons. The summed E-state index contributed by atoms with van der Waals surface area (Å²) < 4.78 is 43.2. The van der Waals surface area contributed by atoms with E-state index in [4.69, 9.17) is 14.2 Å². The number of carbonyl (C=O) groups is 1. The van der Waals surface area contributed by atoms with Gasteiger partial charge in [0.25, 0.3) is 5.91 Å². The molecule has 0 spiro atoms. The minimum Gasteiger partial charge on any atom is -0.495 e. The van der Waals surface area contributed by atoms with Crippen LogP contribution in [-0.2, 0) is 20.3 Å². The van der Waals surface area contributed by atoms with E-state index in [9.17, 15) is 13.2 Å². The summed E-state index contributed by atoms with van der Waals surface area (Å²) in [5.41, 5.74) is 3.22. The first-order valence-electron chi connectivity index (χ1n) is 11.7. The van der Waals surface area contributed by atoms with Gasteiger partial charge in [0.15, 0.2) is 9.84 Å². The highest BCUT2D eigenvalue weighted by Crippen LogP contribution is 2.28. The van der Waals surface area contributed by atoms with Gasteiger partial charge in [-0.2, -0.15) is 0 Å². The van der Waals surface area contributed by atoms with E-state index in [1.54, 1.807) is 54.5 Å². The number of nitrogens with zero attached hydrogens (tertiary/aromatic N) is 1. The second-order valence-corrected chi connectivity index (χ2v) is 11.0. The first-order valence-corrected chi connectivity index (χ1v) is 13.4. The summed E-state index contributed by atoms with van der Waals surface area (Å²) in [6, 6.07) is 19.4. The largest absolute Gasteiger partial charge is 0.495 e. The van der Waals surface area contributed by atoms with Gasteiger partial charge in [-0.05, 0) is 55.3 Å². The molecule has 0 aromatic heterocycles. The molecule has 7 nitrogen and oxygen atoms in total. The molecule has 3 aromatic rings. The van der Waals surface area contributed by atoms with Crippen molar-refractivity contribution in [2.75, 3.05) is 27.3 Å². The van der Waals surface area contributed by atoms with Gasteiger partial charge in [0.2, 0.25) is 0 Å². The molecule has 8 heteroatoms. The summed E-state index contributed by atoms with van der Waals surface area (Å²) in [4.78, 5) is 15.1. The number of carbonyl (C=O) groups excluding carboxylic acids is 1. The SMILES string of the molecule is COc1ccccc1S(=O)(=O)Cc1cccc(OC2CN(C(=O)c3cc(C)ccc3C)CC2OC)c1. The number of amides is 1. The average Bonchev–Trinajstić information content (AvgIpc) is 3.27. The van der Waals surface area contributed by atoms with E-state index >= 15 is 0 Å². The van der Waals surface area contributed by atoms with Crippen molar-refractivity contribution in [2.45, 2.75) is 36.7 Å². The Balaban J connectivity index is 1.49. The molecule has 2 unspecified atom stereocenters. The Bertz CT molecular complexity index is 1350. The second-order valence-electron chi connectivity index (χ2n) is 9.02. The molecule has 0 saturated carbocycles. The van der Waals surface area contributed by atoms with Crippen molar-refractivity contribution in [3.63, 3.8) is 0 Å². The lowest BCUT2D eigenvalue weighted by Gasteiger charge is -2.19. The van der Waals surface area contributed by atoms with Crippen LogP contribution in [0.15, 0.2) is 71.6 Å². The monoisotopic (exact) mass is 509 g/mol. The van der Waals surface area contributed by atoms with Crippen molar-refractivity contribution >= 4 is 15.7 Å². The average molecular weight is 510 g/mol. The highest BCUT2D eigenvalue weighted by atomic mass is 32.2. The van der Waals surface area contributed by atoms with Crippen molar-refractivity contribution < 1.29 is 27.4 Å². The fourth-order valence-electron chi connectivity index (χ4n) is 4.44. The van der Waals surface area contributed by atoms with Crippen LogP contribution < -0.4 is 9.47 Å². The predicted molar refractivity (Wildman–Crippen MR) is 137 cm³/mol. The van der Waals surface area contributed by atoms with Gasteiger partial charge in [-0.15, -0.1) is 0 Å². The molecule has 1 aliphatic heterocycles. The van der Waals surface area contributed by atoms with Gasteiger partial charge >= 0.3 is 0 Å². The molecule has 1 saturated heterocycles. The summed E-state index contributed by atoms with van der Waals surface area (Å²) in [6.07, 6.45) is -0.690. The summed E-state index contributed by atoms with van der Waals surface area (Å²) in [7, 11) is -0.582. The number of ether oxygens (including phenoxy) is 3. The summed E-state index contributed by atoms with van der Waals surface area (Å²) in [5.74, 6) is 0.587. The molecule has 36 heavy (non-hydrogen) atoms. The number of hydrogen-bond acceptors (Lipinski definition) is 6. The number of likely N-dealkylation sites (tertiary alicyclic amines) is 1. The van der Waals surface area contributed by atoms with Crippen LogP contribution in [0.25, 0.3) is 0 Å². The van der Waals surface area contributed by atoms with Crippen LogP contribution >= 0.6 is 0 Å². The molecule has 1 amide bonds. The van der Waals surface area contributed by atoms with E-state index in [2.05, 4.69) is 0 Å². The Morgan fingerprint density at radius 1 is 0.944 bits per heavy atom. The molecule has 190 valence electrons. The normalized spacial score (nSPS) is 17.7. The third-order valence-electron chi connectivity index (χ3n) is 6.38. The van der Waals surface area contributed by atoms with Crippen LogP contribution in [0.4, 0.5) is 0 Å². The maximum Gasteiger partial charge on any atom is 0.254 e. The first kappa shape index (κ1) is 25.7. The van der Waals surface area contributed by atoms with Crippen LogP contribution in [0.2, 0.25) is 0 Å². The van der Waals surface area contributed by atoms with E-state index in [-0.39, 0.29) is 28.8 Å².